The Bertz CT molecular complexity index is 391. The fraction of sp³-hybridized carbons (Fsp3) is 1.00. The SMILES string of the molecule is CC(C)N(C)S(=O)(=O)N1CCCC(C2CCCN2)C1. The van der Waals surface area contributed by atoms with Crippen molar-refractivity contribution in [1.29, 1.82) is 0 Å². The van der Waals surface area contributed by atoms with Crippen LogP contribution in [0.5, 0.6) is 0 Å². The Morgan fingerprint density at radius 2 is 2.00 bits per heavy atom. The average molecular weight is 289 g/mol. The quantitative estimate of drug-likeness (QED) is 0.841. The number of hydrogen-bond acceptors (Lipinski definition) is 3. The summed E-state index contributed by atoms with van der Waals surface area (Å²) >= 11 is 0. The Morgan fingerprint density at radius 3 is 2.58 bits per heavy atom. The van der Waals surface area contributed by atoms with E-state index in [1.165, 1.54) is 17.1 Å². The number of rotatable bonds is 4. The first kappa shape index (κ1) is 15.2. The van der Waals surface area contributed by atoms with E-state index in [0.29, 0.717) is 25.0 Å². The predicted molar refractivity (Wildman–Crippen MR) is 77.1 cm³/mol. The molecule has 0 saturated carbocycles. The highest BCUT2D eigenvalue weighted by atomic mass is 32.2. The molecule has 2 aliphatic heterocycles. The van der Waals surface area contributed by atoms with E-state index in [1.54, 1.807) is 11.4 Å². The molecule has 0 radical (unpaired) electrons. The van der Waals surface area contributed by atoms with E-state index in [9.17, 15) is 8.42 Å². The molecule has 19 heavy (non-hydrogen) atoms. The first-order chi connectivity index (χ1) is 8.93. The smallest absolute Gasteiger partial charge is 0.281 e. The zero-order valence-corrected chi connectivity index (χ0v) is 13.1. The van der Waals surface area contributed by atoms with E-state index >= 15 is 0 Å². The van der Waals surface area contributed by atoms with Crippen LogP contribution in [0.25, 0.3) is 0 Å². The van der Waals surface area contributed by atoms with Gasteiger partial charge in [-0.05, 0) is 52.0 Å². The summed E-state index contributed by atoms with van der Waals surface area (Å²) in [5, 5.41) is 3.52. The Morgan fingerprint density at radius 1 is 1.26 bits per heavy atom. The highest BCUT2D eigenvalue weighted by molar-refractivity contribution is 7.86. The van der Waals surface area contributed by atoms with Crippen LogP contribution in [-0.4, -0.2) is 55.8 Å². The van der Waals surface area contributed by atoms with E-state index in [2.05, 4.69) is 5.32 Å². The summed E-state index contributed by atoms with van der Waals surface area (Å²) in [5.41, 5.74) is 0. The summed E-state index contributed by atoms with van der Waals surface area (Å²) in [5.74, 6) is 0.478. The van der Waals surface area contributed by atoms with Gasteiger partial charge in [0, 0.05) is 32.2 Å². The first-order valence-electron chi connectivity index (χ1n) is 7.39. The molecule has 0 bridgehead atoms. The maximum atomic E-state index is 12.5. The van der Waals surface area contributed by atoms with Crippen LogP contribution in [-0.2, 0) is 10.2 Å². The maximum Gasteiger partial charge on any atom is 0.281 e. The molecule has 6 heteroatoms. The summed E-state index contributed by atoms with van der Waals surface area (Å²) in [7, 11) is -1.61. The number of hydrogen-bond donors (Lipinski definition) is 1. The molecule has 0 aliphatic carbocycles. The van der Waals surface area contributed by atoms with Gasteiger partial charge in [-0.2, -0.15) is 17.0 Å². The van der Waals surface area contributed by atoms with Crippen LogP contribution in [0.4, 0.5) is 0 Å². The number of nitrogens with one attached hydrogen (secondary N) is 1. The van der Waals surface area contributed by atoms with E-state index in [1.807, 2.05) is 13.8 Å². The van der Waals surface area contributed by atoms with Gasteiger partial charge >= 0.3 is 0 Å². The minimum absolute atomic E-state index is 0.00924. The molecule has 1 N–H and O–H groups in total. The van der Waals surface area contributed by atoms with Gasteiger partial charge in [0.15, 0.2) is 0 Å². The van der Waals surface area contributed by atoms with Crippen LogP contribution in [0.1, 0.15) is 39.5 Å². The molecule has 0 spiro atoms. The van der Waals surface area contributed by atoms with Gasteiger partial charge in [0.05, 0.1) is 0 Å². The van der Waals surface area contributed by atoms with Gasteiger partial charge in [-0.3, -0.25) is 0 Å². The van der Waals surface area contributed by atoms with Crippen molar-refractivity contribution in [2.75, 3.05) is 26.7 Å². The van der Waals surface area contributed by atoms with Gasteiger partial charge in [0.2, 0.25) is 0 Å². The Hall–Kier alpha value is -0.170. The third-order valence-corrected chi connectivity index (χ3v) is 6.64. The van der Waals surface area contributed by atoms with Gasteiger partial charge in [0.25, 0.3) is 10.2 Å². The standard InChI is InChI=1S/C13H27N3O2S/c1-11(2)15(3)19(17,18)16-9-5-6-12(10-16)13-7-4-8-14-13/h11-14H,4-10H2,1-3H3. The van der Waals surface area contributed by atoms with Crippen LogP contribution in [0.2, 0.25) is 0 Å². The Kier molecular flexibility index (Phi) is 4.87. The largest absolute Gasteiger partial charge is 0.314 e. The molecule has 0 aromatic carbocycles. The molecule has 2 fully saturated rings. The van der Waals surface area contributed by atoms with Crippen molar-refractivity contribution in [3.63, 3.8) is 0 Å². The topological polar surface area (TPSA) is 52.7 Å². The van der Waals surface area contributed by atoms with Crippen LogP contribution in [0.3, 0.4) is 0 Å². The minimum atomic E-state index is -3.28. The van der Waals surface area contributed by atoms with Crippen LogP contribution >= 0.6 is 0 Å². The summed E-state index contributed by atoms with van der Waals surface area (Å²) in [6.45, 7) is 6.26. The number of nitrogens with zero attached hydrogens (tertiary/aromatic N) is 2. The lowest BCUT2D eigenvalue weighted by Gasteiger charge is -2.37. The third kappa shape index (κ3) is 3.29. The molecule has 2 heterocycles. The molecule has 0 amide bonds. The van der Waals surface area contributed by atoms with Gasteiger partial charge in [-0.1, -0.05) is 0 Å². The number of piperidine rings is 1. The molecular formula is C13H27N3O2S. The summed E-state index contributed by atoms with van der Waals surface area (Å²) in [4.78, 5) is 0. The van der Waals surface area contributed by atoms with Crippen molar-refractivity contribution in [3.8, 4) is 0 Å². The zero-order valence-electron chi connectivity index (χ0n) is 12.3. The fourth-order valence-electron chi connectivity index (χ4n) is 3.07. The molecule has 2 aliphatic rings. The molecule has 2 saturated heterocycles. The molecule has 0 aromatic rings. The van der Waals surface area contributed by atoms with E-state index in [-0.39, 0.29) is 6.04 Å². The van der Waals surface area contributed by atoms with Crippen molar-refractivity contribution in [2.45, 2.75) is 51.6 Å². The van der Waals surface area contributed by atoms with Gasteiger partial charge in [0.1, 0.15) is 0 Å². The Balaban J connectivity index is 2.04. The Labute approximate surface area is 117 Å². The zero-order chi connectivity index (χ0) is 14.0. The van der Waals surface area contributed by atoms with E-state index in [4.69, 9.17) is 0 Å². The first-order valence-corrected chi connectivity index (χ1v) is 8.79. The fourth-order valence-corrected chi connectivity index (χ4v) is 4.71. The van der Waals surface area contributed by atoms with Crippen molar-refractivity contribution >= 4 is 10.2 Å². The second-order valence-electron chi connectivity index (χ2n) is 6.08. The molecule has 2 unspecified atom stereocenters. The van der Waals surface area contributed by atoms with E-state index in [0.717, 1.165) is 19.4 Å². The molecule has 2 atom stereocenters. The summed E-state index contributed by atoms with van der Waals surface area (Å²) < 4.78 is 28.2. The van der Waals surface area contributed by atoms with Crippen molar-refractivity contribution < 1.29 is 8.42 Å². The molecule has 5 nitrogen and oxygen atoms in total. The van der Waals surface area contributed by atoms with Crippen molar-refractivity contribution in [2.24, 2.45) is 5.92 Å². The lowest BCUT2D eigenvalue weighted by molar-refractivity contribution is 0.213. The van der Waals surface area contributed by atoms with Gasteiger partial charge in [-0.25, -0.2) is 0 Å². The summed E-state index contributed by atoms with van der Waals surface area (Å²) in [6.07, 6.45) is 4.54. The third-order valence-electron chi connectivity index (χ3n) is 4.51. The van der Waals surface area contributed by atoms with Crippen LogP contribution in [0, 0.1) is 5.92 Å². The van der Waals surface area contributed by atoms with Crippen LogP contribution < -0.4 is 5.32 Å². The second-order valence-corrected chi connectivity index (χ2v) is 8.07. The lowest BCUT2D eigenvalue weighted by Crippen LogP contribution is -2.51. The lowest BCUT2D eigenvalue weighted by atomic mass is 9.91. The highest BCUT2D eigenvalue weighted by Crippen LogP contribution is 2.27. The highest BCUT2D eigenvalue weighted by Gasteiger charge is 2.36. The monoisotopic (exact) mass is 289 g/mol. The molecule has 0 aromatic heterocycles. The van der Waals surface area contributed by atoms with Crippen LogP contribution in [0.15, 0.2) is 0 Å². The van der Waals surface area contributed by atoms with Crippen molar-refractivity contribution in [1.82, 2.24) is 13.9 Å². The van der Waals surface area contributed by atoms with Crippen molar-refractivity contribution in [3.05, 3.63) is 0 Å². The average Bonchev–Trinajstić information content (AvgIpc) is 2.91. The molecular weight excluding hydrogens is 262 g/mol. The predicted octanol–water partition coefficient (Wildman–Crippen LogP) is 1.04. The van der Waals surface area contributed by atoms with E-state index < -0.39 is 10.2 Å². The second kappa shape index (κ2) is 6.08. The minimum Gasteiger partial charge on any atom is -0.314 e. The summed E-state index contributed by atoms with van der Waals surface area (Å²) in [6, 6.07) is 0.525. The van der Waals surface area contributed by atoms with Gasteiger partial charge in [-0.15, -0.1) is 0 Å². The maximum absolute atomic E-state index is 12.5. The van der Waals surface area contributed by atoms with Gasteiger partial charge < -0.3 is 5.32 Å². The molecule has 2 rings (SSSR count). The molecule has 112 valence electrons. The normalized spacial score (nSPS) is 30.4.